The normalized spacial score (nSPS) is 13.2. The van der Waals surface area contributed by atoms with Gasteiger partial charge in [0.25, 0.3) is 0 Å². The van der Waals surface area contributed by atoms with Crippen LogP contribution in [0.1, 0.15) is 44.5 Å². The van der Waals surface area contributed by atoms with E-state index in [1.807, 2.05) is 0 Å². The van der Waals surface area contributed by atoms with Crippen molar-refractivity contribution in [1.82, 2.24) is 0 Å². The zero-order valence-corrected chi connectivity index (χ0v) is 61.0. The molecule has 9 aromatic rings. The van der Waals surface area contributed by atoms with E-state index in [1.54, 1.807) is 0 Å². The predicted molar refractivity (Wildman–Crippen MR) is 497 cm³/mol. The van der Waals surface area contributed by atoms with Gasteiger partial charge in [-0.2, -0.15) is 0 Å². The minimum atomic E-state index is -0.617. The summed E-state index contributed by atoms with van der Waals surface area (Å²) >= 11 is 0. The molecule has 33 heteroatoms. The highest BCUT2D eigenvalue weighted by molar-refractivity contribution is 6.73. The molecule has 0 saturated carbocycles. The molecule has 0 aliphatic heterocycles. The van der Waals surface area contributed by atoms with Crippen LogP contribution < -0.4 is 180 Å². The number of nitrogens with zero attached hydrogens (tertiary/aromatic N) is 1. The van der Waals surface area contributed by atoms with E-state index in [1.165, 1.54) is 259 Å². The van der Waals surface area contributed by atoms with E-state index in [2.05, 4.69) is 298 Å². The Bertz CT molecular complexity index is 4600. The van der Waals surface area contributed by atoms with Gasteiger partial charge in [0.2, 0.25) is 0 Å². The molecular formula is C56H71B32N. The van der Waals surface area contributed by atoms with Gasteiger partial charge in [-0.3, -0.25) is 0 Å². The van der Waals surface area contributed by atoms with Crippen molar-refractivity contribution in [2.45, 2.75) is 10.8 Å². The van der Waals surface area contributed by atoms with Crippen LogP contribution in [0.5, 0.6) is 0 Å². The molecule has 0 radical (unpaired) electrons. The molecule has 0 unspecified atom stereocenters. The summed E-state index contributed by atoms with van der Waals surface area (Å²) in [6.07, 6.45) is 0. The van der Waals surface area contributed by atoms with Crippen LogP contribution in [0.2, 0.25) is 0 Å². The first-order valence-corrected chi connectivity index (χ1v) is 33.2. The summed E-state index contributed by atoms with van der Waals surface area (Å²) < 4.78 is 0. The van der Waals surface area contributed by atoms with Gasteiger partial charge in [-0.05, 0) is 85.0 Å². The van der Waals surface area contributed by atoms with Gasteiger partial charge in [0.1, 0.15) is 251 Å². The molecule has 11 rings (SSSR count). The predicted octanol–water partition coefficient (Wildman–Crippen LogP) is -41.8. The van der Waals surface area contributed by atoms with E-state index in [0.717, 1.165) is 0 Å². The third kappa shape index (κ3) is 8.47. The summed E-state index contributed by atoms with van der Waals surface area (Å²) in [7, 11) is 76.6. The van der Waals surface area contributed by atoms with Crippen LogP contribution in [0.25, 0.3) is 22.3 Å². The van der Waals surface area contributed by atoms with Gasteiger partial charge < -0.3 is 4.90 Å². The lowest BCUT2D eigenvalue weighted by molar-refractivity contribution is 0.787. The molecule has 0 atom stereocenters. The second-order valence-electron chi connectivity index (χ2n) is 28.9. The number of benzene rings is 9. The Balaban J connectivity index is 1.30. The van der Waals surface area contributed by atoms with Crippen LogP contribution in [-0.2, 0) is 10.8 Å². The summed E-state index contributed by atoms with van der Waals surface area (Å²) in [6.45, 7) is 0. The minimum absolute atomic E-state index is 0.594. The molecular weight excluding hydrogens is 1030 g/mol. The summed E-state index contributed by atoms with van der Waals surface area (Å²) in [5.41, 5.74) is 63.8. The summed E-state index contributed by atoms with van der Waals surface area (Å²) in [4.78, 5) is 2.69. The molecule has 0 saturated heterocycles. The van der Waals surface area contributed by atoms with Crippen molar-refractivity contribution in [2.24, 2.45) is 0 Å². The molecule has 9 aromatic carbocycles. The molecule has 0 N–H and O–H groups in total. The van der Waals surface area contributed by atoms with Crippen LogP contribution in [0.15, 0.2) is 42.5 Å². The summed E-state index contributed by atoms with van der Waals surface area (Å²) in [6, 6.07) is 17.8. The highest BCUT2D eigenvalue weighted by Crippen LogP contribution is 2.54. The lowest BCUT2D eigenvalue weighted by Crippen LogP contribution is -2.60. The Kier molecular flexibility index (Phi) is 16.4. The molecule has 0 bridgehead atoms. The van der Waals surface area contributed by atoms with Crippen LogP contribution in [0, 0.1) is 0 Å². The van der Waals surface area contributed by atoms with E-state index in [9.17, 15) is 0 Å². The van der Waals surface area contributed by atoms with Crippen molar-refractivity contribution in [3.63, 3.8) is 0 Å². The quantitative estimate of drug-likeness (QED) is 0.144. The van der Waals surface area contributed by atoms with Crippen LogP contribution >= 0.6 is 0 Å². The van der Waals surface area contributed by atoms with Gasteiger partial charge in [0, 0.05) is 17.1 Å². The number of anilines is 3. The molecule has 0 fully saturated rings. The molecule has 0 amide bonds. The standard InChI is InChI=1S/C56H71B32N/c57-12-5-10(25(60)41(76)27(12)62)55(20-16(31(66)44(79)48(83)35(20)70)17-21(55)36(71)49(84)45(80)32(17)67)8-1-3-9(4-2-8)89(15-7-14(59)29(64)43(78)30(15)65)54-52(87)39(74)24(40(75)53(54)88)56(11-6-13(58)28(63)42(77)26(11)61)22-18(33(68)46(81)50(85)37(22)72)19-23(56)38(73)51(86)47(82)34(19)69/h1-7H,57-88H2. The van der Waals surface area contributed by atoms with Gasteiger partial charge in [0.15, 0.2) is 0 Å². The molecule has 396 valence electrons. The molecule has 2 aliphatic carbocycles. The average molecular weight is 1100 g/mol. The van der Waals surface area contributed by atoms with E-state index >= 15 is 0 Å². The lowest BCUT2D eigenvalue weighted by atomic mass is 9.49. The van der Waals surface area contributed by atoms with E-state index < -0.39 is 10.8 Å². The Hall–Kier alpha value is -5.14. The van der Waals surface area contributed by atoms with E-state index in [4.69, 9.17) is 0 Å². The van der Waals surface area contributed by atoms with Crippen molar-refractivity contribution in [3.05, 3.63) is 87.0 Å². The Morgan fingerprint density at radius 1 is 0.213 bits per heavy atom. The number of hydrogen-bond acceptors (Lipinski definition) is 1. The van der Waals surface area contributed by atoms with E-state index in [0.29, 0.717) is 0 Å². The molecule has 0 aromatic heterocycles. The zero-order chi connectivity index (χ0) is 65.7. The maximum Gasteiger partial charge on any atom is 0.141 e. The SMILES string of the molecule is Bc1cc(N(c2ccc(C3(c4cc(B)c(B)c(B)c4B)c4c(B)c(B)c(B)c(B)c4-c4c(B)c(B)c(B)c(B)c43)cc2)c2c(B)c(B)c(C3(c4cc(B)c(B)c(B)c4B)c4c(B)c(B)c(B)c(B)c4-c4c(B)c(B)c(B)c(B)c43)c(B)c2B)c(B)c(B)c1B. The number of fused-ring (bicyclic) bond motifs is 6. The van der Waals surface area contributed by atoms with Crippen molar-refractivity contribution in [2.75, 3.05) is 4.90 Å². The van der Waals surface area contributed by atoms with Crippen molar-refractivity contribution >= 4 is 443 Å². The fourth-order valence-electron chi connectivity index (χ4n) is 18.1. The summed E-state index contributed by atoms with van der Waals surface area (Å²) in [5.74, 6) is 0. The van der Waals surface area contributed by atoms with Crippen molar-refractivity contribution in [1.29, 1.82) is 0 Å². The van der Waals surface area contributed by atoms with Gasteiger partial charge in [-0.15, -0.1) is 71.0 Å². The fraction of sp³-hybridized carbons (Fsp3) is 0.0357. The maximum absolute atomic E-state index is 2.69. The second-order valence-corrected chi connectivity index (χ2v) is 28.9. The first-order valence-electron chi connectivity index (χ1n) is 33.2. The van der Waals surface area contributed by atoms with Gasteiger partial charge in [0.05, 0.1) is 10.8 Å². The third-order valence-corrected chi connectivity index (χ3v) is 26.0. The Morgan fingerprint density at radius 3 is 0.809 bits per heavy atom. The highest BCUT2D eigenvalue weighted by Gasteiger charge is 2.53. The smallest absolute Gasteiger partial charge is 0.141 e. The van der Waals surface area contributed by atoms with Crippen LogP contribution in [0.3, 0.4) is 0 Å². The van der Waals surface area contributed by atoms with Gasteiger partial charge >= 0.3 is 0 Å². The van der Waals surface area contributed by atoms with Crippen LogP contribution in [-0.4, -0.2) is 251 Å². The molecule has 0 heterocycles. The molecule has 2 aliphatic rings. The first kappa shape index (κ1) is 65.4. The third-order valence-electron chi connectivity index (χ3n) is 26.0. The van der Waals surface area contributed by atoms with Crippen molar-refractivity contribution in [3.8, 4) is 22.3 Å². The first-order chi connectivity index (χ1) is 41.5. The van der Waals surface area contributed by atoms with Crippen molar-refractivity contribution < 1.29 is 0 Å². The largest absolute Gasteiger partial charge is 0.312 e. The van der Waals surface area contributed by atoms with E-state index in [-0.39, 0.29) is 0 Å². The minimum Gasteiger partial charge on any atom is -0.312 e. The Labute approximate surface area is 563 Å². The molecule has 89 heavy (non-hydrogen) atoms. The topological polar surface area (TPSA) is 3.24 Å². The second kappa shape index (κ2) is 22.3. The Morgan fingerprint density at radius 2 is 0.472 bits per heavy atom. The number of hydrogen-bond donors (Lipinski definition) is 0. The molecule has 0 spiro atoms. The monoisotopic (exact) mass is 1110 g/mol. The highest BCUT2D eigenvalue weighted by atomic mass is 15.1. The molecule has 1 nitrogen and oxygen atoms in total. The zero-order valence-electron chi connectivity index (χ0n) is 61.0. The maximum atomic E-state index is 2.69. The summed E-state index contributed by atoms with van der Waals surface area (Å²) in [5, 5.41) is 0. The van der Waals surface area contributed by atoms with Crippen LogP contribution in [0.4, 0.5) is 17.1 Å². The fourth-order valence-corrected chi connectivity index (χ4v) is 18.1. The van der Waals surface area contributed by atoms with Gasteiger partial charge in [-0.1, -0.05) is 128 Å². The lowest BCUT2D eigenvalue weighted by Gasteiger charge is -2.44. The number of rotatable bonds is 7. The van der Waals surface area contributed by atoms with Gasteiger partial charge in [-0.25, -0.2) is 0 Å². The average Bonchev–Trinajstić information content (AvgIpc) is 1.55.